The van der Waals surface area contributed by atoms with Crippen molar-refractivity contribution in [1.29, 1.82) is 5.26 Å². The second-order valence-electron chi connectivity index (χ2n) is 3.46. The Bertz CT molecular complexity index is 589. The summed E-state index contributed by atoms with van der Waals surface area (Å²) in [5.41, 5.74) is 0.181. The summed E-state index contributed by atoms with van der Waals surface area (Å²) in [7, 11) is -2.65. The highest BCUT2D eigenvalue weighted by Crippen LogP contribution is 2.18. The maximum absolute atomic E-state index is 11.7. The summed E-state index contributed by atoms with van der Waals surface area (Å²) in [6, 6.07) is 7.63. The van der Waals surface area contributed by atoms with Crippen molar-refractivity contribution in [2.45, 2.75) is 12.2 Å². The highest BCUT2D eigenvalue weighted by atomic mass is 32.2. The Hall–Kier alpha value is -2.07. The van der Waals surface area contributed by atoms with Crippen LogP contribution in [0.15, 0.2) is 24.3 Å². The number of sulfonamides is 1. The molecule has 0 aliphatic rings. The fraction of sp³-hybridized carbons (Fsp3) is 0.273. The molecule has 6 nitrogen and oxygen atoms in total. The molecule has 1 aromatic rings. The molecule has 0 saturated heterocycles. The van der Waals surface area contributed by atoms with Gasteiger partial charge in [0.05, 0.1) is 24.4 Å². The van der Waals surface area contributed by atoms with Gasteiger partial charge < -0.3 is 4.74 Å². The van der Waals surface area contributed by atoms with Crippen molar-refractivity contribution in [3.8, 4) is 6.07 Å². The fourth-order valence-electron chi connectivity index (χ4n) is 1.17. The molecule has 0 saturated carbocycles. The molecule has 0 amide bonds. The minimum absolute atomic E-state index is 0.0893. The minimum atomic E-state index is -3.85. The van der Waals surface area contributed by atoms with E-state index in [9.17, 15) is 13.2 Å². The topological polar surface area (TPSA) is 96.3 Å². The van der Waals surface area contributed by atoms with Gasteiger partial charge in [-0.2, -0.15) is 5.26 Å². The average Bonchev–Trinajstić information content (AvgIpc) is 2.37. The number of para-hydroxylation sites is 1. The van der Waals surface area contributed by atoms with Gasteiger partial charge in [0.15, 0.2) is 5.25 Å². The Labute approximate surface area is 105 Å². The fourth-order valence-corrected chi connectivity index (χ4v) is 1.97. The number of nitrogens with zero attached hydrogens (tertiary/aromatic N) is 1. The lowest BCUT2D eigenvalue weighted by atomic mass is 10.2. The van der Waals surface area contributed by atoms with Crippen LogP contribution in [0.2, 0.25) is 0 Å². The SMILES string of the molecule is COC(=O)c1ccccc1NS(=O)(=O)C(C)C#N. The maximum Gasteiger partial charge on any atom is 0.339 e. The molecule has 18 heavy (non-hydrogen) atoms. The third kappa shape index (κ3) is 2.99. The van der Waals surface area contributed by atoms with Crippen molar-refractivity contribution < 1.29 is 17.9 Å². The van der Waals surface area contributed by atoms with Crippen LogP contribution in [-0.2, 0) is 14.8 Å². The molecule has 1 rings (SSSR count). The van der Waals surface area contributed by atoms with Crippen molar-refractivity contribution in [2.75, 3.05) is 11.8 Å². The van der Waals surface area contributed by atoms with Gasteiger partial charge in [-0.3, -0.25) is 4.72 Å². The number of esters is 1. The van der Waals surface area contributed by atoms with Crippen LogP contribution in [0.25, 0.3) is 0 Å². The average molecular weight is 268 g/mol. The summed E-state index contributed by atoms with van der Waals surface area (Å²) in [5, 5.41) is 7.39. The van der Waals surface area contributed by atoms with Crippen molar-refractivity contribution in [1.82, 2.24) is 0 Å². The van der Waals surface area contributed by atoms with Crippen molar-refractivity contribution in [3.05, 3.63) is 29.8 Å². The predicted molar refractivity (Wildman–Crippen MR) is 65.4 cm³/mol. The molecule has 1 N–H and O–H groups in total. The molecule has 0 heterocycles. The zero-order chi connectivity index (χ0) is 13.8. The maximum atomic E-state index is 11.7. The van der Waals surface area contributed by atoms with Crippen LogP contribution in [0, 0.1) is 11.3 Å². The van der Waals surface area contributed by atoms with Gasteiger partial charge in [-0.05, 0) is 19.1 Å². The first-order chi connectivity index (χ1) is 8.42. The van der Waals surface area contributed by atoms with E-state index in [4.69, 9.17) is 5.26 Å². The van der Waals surface area contributed by atoms with Crippen LogP contribution in [0.1, 0.15) is 17.3 Å². The summed E-state index contributed by atoms with van der Waals surface area (Å²) in [5.74, 6) is -0.655. The summed E-state index contributed by atoms with van der Waals surface area (Å²) >= 11 is 0. The number of hydrogen-bond acceptors (Lipinski definition) is 5. The standard InChI is InChI=1S/C11H12N2O4S/c1-8(7-12)18(15,16)13-10-6-4-3-5-9(10)11(14)17-2/h3-6,8,13H,1-2H3. The number of carbonyl (C=O) groups excluding carboxylic acids is 1. The lowest BCUT2D eigenvalue weighted by molar-refractivity contribution is 0.0602. The van der Waals surface area contributed by atoms with E-state index in [1.807, 2.05) is 0 Å². The molecule has 96 valence electrons. The third-order valence-electron chi connectivity index (χ3n) is 2.23. The van der Waals surface area contributed by atoms with E-state index >= 15 is 0 Å². The van der Waals surface area contributed by atoms with Gasteiger partial charge in [0, 0.05) is 0 Å². The van der Waals surface area contributed by atoms with E-state index in [2.05, 4.69) is 9.46 Å². The Morgan fingerprint density at radius 2 is 2.06 bits per heavy atom. The van der Waals surface area contributed by atoms with Gasteiger partial charge >= 0.3 is 5.97 Å². The molecule has 7 heteroatoms. The largest absolute Gasteiger partial charge is 0.465 e. The lowest BCUT2D eigenvalue weighted by Gasteiger charge is -2.12. The van der Waals surface area contributed by atoms with Gasteiger partial charge in [0.25, 0.3) is 0 Å². The van der Waals surface area contributed by atoms with Crippen molar-refractivity contribution in [3.63, 3.8) is 0 Å². The molecule has 0 aliphatic carbocycles. The molecule has 0 fully saturated rings. The second-order valence-corrected chi connectivity index (χ2v) is 5.46. The molecular formula is C11H12N2O4S. The Kier molecular flexibility index (Phi) is 4.28. The number of nitriles is 1. The Morgan fingerprint density at radius 3 is 2.61 bits per heavy atom. The van der Waals surface area contributed by atoms with Crippen LogP contribution in [0.5, 0.6) is 0 Å². The Morgan fingerprint density at radius 1 is 1.44 bits per heavy atom. The minimum Gasteiger partial charge on any atom is -0.465 e. The van der Waals surface area contributed by atoms with E-state index in [1.165, 1.54) is 26.2 Å². The van der Waals surface area contributed by atoms with Crippen LogP contribution in [-0.4, -0.2) is 26.7 Å². The number of methoxy groups -OCH3 is 1. The third-order valence-corrected chi connectivity index (χ3v) is 3.77. The number of anilines is 1. The smallest absolute Gasteiger partial charge is 0.339 e. The molecular weight excluding hydrogens is 256 g/mol. The molecule has 0 radical (unpaired) electrons. The quantitative estimate of drug-likeness (QED) is 0.825. The molecule has 1 unspecified atom stereocenters. The summed E-state index contributed by atoms with van der Waals surface area (Å²) in [4.78, 5) is 11.4. The van der Waals surface area contributed by atoms with E-state index in [0.717, 1.165) is 0 Å². The first-order valence-electron chi connectivity index (χ1n) is 5.01. The zero-order valence-electron chi connectivity index (χ0n) is 9.88. The molecule has 0 bridgehead atoms. The number of ether oxygens (including phenoxy) is 1. The summed E-state index contributed by atoms with van der Waals surface area (Å²) < 4.78 is 30.2. The lowest BCUT2D eigenvalue weighted by Crippen LogP contribution is -2.25. The van der Waals surface area contributed by atoms with Crippen molar-refractivity contribution in [2.24, 2.45) is 0 Å². The van der Waals surface area contributed by atoms with Crippen LogP contribution in [0.4, 0.5) is 5.69 Å². The highest BCUT2D eigenvalue weighted by Gasteiger charge is 2.22. The second kappa shape index (κ2) is 5.51. The molecule has 0 aliphatic heterocycles. The van der Waals surface area contributed by atoms with Gasteiger partial charge in [0.2, 0.25) is 10.0 Å². The molecule has 0 spiro atoms. The number of rotatable bonds is 4. The monoisotopic (exact) mass is 268 g/mol. The van der Waals surface area contributed by atoms with Gasteiger partial charge in [-0.25, -0.2) is 13.2 Å². The van der Waals surface area contributed by atoms with E-state index in [-0.39, 0.29) is 11.3 Å². The summed E-state index contributed by atoms with van der Waals surface area (Å²) in [6.07, 6.45) is 0. The molecule has 1 aromatic carbocycles. The van der Waals surface area contributed by atoms with E-state index in [1.54, 1.807) is 18.2 Å². The molecule has 0 aromatic heterocycles. The van der Waals surface area contributed by atoms with Crippen LogP contribution in [0.3, 0.4) is 0 Å². The first kappa shape index (κ1) is 14.0. The van der Waals surface area contributed by atoms with Gasteiger partial charge in [-0.1, -0.05) is 12.1 Å². The normalized spacial score (nSPS) is 12.3. The number of hydrogen-bond donors (Lipinski definition) is 1. The first-order valence-corrected chi connectivity index (χ1v) is 6.55. The van der Waals surface area contributed by atoms with Crippen LogP contribution < -0.4 is 4.72 Å². The van der Waals surface area contributed by atoms with Crippen molar-refractivity contribution >= 4 is 21.7 Å². The number of benzene rings is 1. The van der Waals surface area contributed by atoms with Gasteiger partial charge in [-0.15, -0.1) is 0 Å². The van der Waals surface area contributed by atoms with Crippen LogP contribution >= 0.6 is 0 Å². The summed E-state index contributed by atoms with van der Waals surface area (Å²) in [6.45, 7) is 1.25. The predicted octanol–water partition coefficient (Wildman–Crippen LogP) is 1.13. The zero-order valence-corrected chi connectivity index (χ0v) is 10.7. The number of carbonyl (C=O) groups is 1. The highest BCUT2D eigenvalue weighted by molar-refractivity contribution is 7.93. The van der Waals surface area contributed by atoms with E-state index in [0.29, 0.717) is 0 Å². The molecule has 1 atom stereocenters. The van der Waals surface area contributed by atoms with E-state index < -0.39 is 21.2 Å². The number of nitrogens with one attached hydrogen (secondary N) is 1. The Balaban J connectivity index is 3.14. The van der Waals surface area contributed by atoms with Gasteiger partial charge in [0.1, 0.15) is 0 Å².